The Labute approximate surface area is 146 Å². The summed E-state index contributed by atoms with van der Waals surface area (Å²) in [4.78, 5) is 38.2. The number of ether oxygens (including phenoxy) is 1. The lowest BCUT2D eigenvalue weighted by Gasteiger charge is -2.33. The fraction of sp³-hybridized carbons (Fsp3) is 0.500. The van der Waals surface area contributed by atoms with Crippen LogP contribution in [0.2, 0.25) is 5.02 Å². The molecule has 1 heterocycles. The van der Waals surface area contributed by atoms with E-state index in [1.54, 1.807) is 45.0 Å². The summed E-state index contributed by atoms with van der Waals surface area (Å²) in [5.74, 6) is -0.648. The van der Waals surface area contributed by atoms with E-state index < -0.39 is 17.6 Å². The van der Waals surface area contributed by atoms with Crippen molar-refractivity contribution in [3.8, 4) is 0 Å². The van der Waals surface area contributed by atoms with Crippen molar-refractivity contribution in [3.63, 3.8) is 0 Å². The van der Waals surface area contributed by atoms with E-state index in [0.717, 1.165) is 0 Å². The Hall–Kier alpha value is -1.88. The molecule has 1 fully saturated rings. The Bertz CT molecular complexity index is 651. The van der Waals surface area contributed by atoms with Crippen LogP contribution in [0.3, 0.4) is 0 Å². The van der Waals surface area contributed by atoms with Crippen molar-refractivity contribution < 1.29 is 19.1 Å². The SMILES string of the molecule is CC(C)(C)OC(=O)N1CCC(=O)C(CC(=O)c2cccc(Cl)c2)C1. The van der Waals surface area contributed by atoms with Gasteiger partial charge in [0.1, 0.15) is 11.4 Å². The fourth-order valence-electron chi connectivity index (χ4n) is 2.58. The summed E-state index contributed by atoms with van der Waals surface area (Å²) in [5, 5.41) is 0.478. The monoisotopic (exact) mass is 351 g/mol. The Morgan fingerprint density at radius 3 is 2.67 bits per heavy atom. The predicted molar refractivity (Wildman–Crippen MR) is 91.3 cm³/mol. The average molecular weight is 352 g/mol. The number of halogens is 1. The third kappa shape index (κ3) is 5.06. The number of hydrogen-bond acceptors (Lipinski definition) is 4. The maximum Gasteiger partial charge on any atom is 0.410 e. The number of rotatable bonds is 3. The van der Waals surface area contributed by atoms with Gasteiger partial charge in [0.25, 0.3) is 0 Å². The highest BCUT2D eigenvalue weighted by atomic mass is 35.5. The topological polar surface area (TPSA) is 63.7 Å². The summed E-state index contributed by atoms with van der Waals surface area (Å²) >= 11 is 5.90. The van der Waals surface area contributed by atoms with Crippen LogP contribution >= 0.6 is 11.6 Å². The largest absolute Gasteiger partial charge is 0.444 e. The van der Waals surface area contributed by atoms with Crippen LogP contribution in [0.25, 0.3) is 0 Å². The number of carbonyl (C=O) groups is 3. The molecule has 1 aromatic carbocycles. The molecule has 0 saturated carbocycles. The van der Waals surface area contributed by atoms with Gasteiger partial charge in [-0.05, 0) is 32.9 Å². The molecule has 0 bridgehead atoms. The van der Waals surface area contributed by atoms with E-state index in [9.17, 15) is 14.4 Å². The first-order valence-corrected chi connectivity index (χ1v) is 8.33. The van der Waals surface area contributed by atoms with Gasteiger partial charge >= 0.3 is 6.09 Å². The molecule has 0 N–H and O–H groups in total. The summed E-state index contributed by atoms with van der Waals surface area (Å²) in [6.45, 7) is 5.91. The van der Waals surface area contributed by atoms with Crippen molar-refractivity contribution in [2.24, 2.45) is 5.92 Å². The molecule has 1 saturated heterocycles. The molecule has 1 aliphatic rings. The minimum Gasteiger partial charge on any atom is -0.444 e. The molecule has 0 aliphatic carbocycles. The second kappa shape index (κ2) is 7.34. The quantitative estimate of drug-likeness (QED) is 0.778. The Morgan fingerprint density at radius 1 is 1.33 bits per heavy atom. The zero-order chi connectivity index (χ0) is 17.9. The maximum atomic E-state index is 12.4. The van der Waals surface area contributed by atoms with Crippen LogP contribution in [0.4, 0.5) is 4.79 Å². The first-order valence-electron chi connectivity index (χ1n) is 7.95. The number of likely N-dealkylation sites (tertiary alicyclic amines) is 1. The van der Waals surface area contributed by atoms with E-state index in [0.29, 0.717) is 17.1 Å². The van der Waals surface area contributed by atoms with Gasteiger partial charge < -0.3 is 9.64 Å². The van der Waals surface area contributed by atoms with Gasteiger partial charge in [0, 0.05) is 42.4 Å². The number of benzene rings is 1. The molecule has 24 heavy (non-hydrogen) atoms. The number of nitrogens with zero attached hydrogens (tertiary/aromatic N) is 1. The molecule has 1 atom stereocenters. The molecular formula is C18H22ClNO4. The normalized spacial score (nSPS) is 18.4. The average Bonchev–Trinajstić information content (AvgIpc) is 2.47. The highest BCUT2D eigenvalue weighted by molar-refractivity contribution is 6.31. The van der Waals surface area contributed by atoms with Gasteiger partial charge in [-0.15, -0.1) is 0 Å². The molecule has 1 aliphatic heterocycles. The number of hydrogen-bond donors (Lipinski definition) is 0. The van der Waals surface area contributed by atoms with E-state index >= 15 is 0 Å². The van der Waals surface area contributed by atoms with Gasteiger partial charge in [0.05, 0.1) is 0 Å². The van der Waals surface area contributed by atoms with Crippen LogP contribution in [-0.2, 0) is 9.53 Å². The van der Waals surface area contributed by atoms with Crippen molar-refractivity contribution in [2.45, 2.75) is 39.2 Å². The van der Waals surface area contributed by atoms with Crippen molar-refractivity contribution in [2.75, 3.05) is 13.1 Å². The first kappa shape index (κ1) is 18.5. The van der Waals surface area contributed by atoms with E-state index in [1.165, 1.54) is 4.90 Å². The van der Waals surface area contributed by atoms with Crippen LogP contribution in [0.1, 0.15) is 44.0 Å². The maximum absolute atomic E-state index is 12.4. The second-order valence-electron chi connectivity index (χ2n) is 6.98. The molecule has 2 rings (SSSR count). The van der Waals surface area contributed by atoms with Crippen LogP contribution < -0.4 is 0 Å². The first-order chi connectivity index (χ1) is 11.2. The van der Waals surface area contributed by atoms with Crippen LogP contribution in [0.15, 0.2) is 24.3 Å². The molecule has 1 amide bonds. The second-order valence-corrected chi connectivity index (χ2v) is 7.41. The molecule has 1 unspecified atom stereocenters. The van der Waals surface area contributed by atoms with Crippen LogP contribution in [0.5, 0.6) is 0 Å². The molecule has 0 aromatic heterocycles. The molecule has 6 heteroatoms. The van der Waals surface area contributed by atoms with Crippen LogP contribution in [-0.4, -0.2) is 41.3 Å². The van der Waals surface area contributed by atoms with Gasteiger partial charge in [-0.1, -0.05) is 23.7 Å². The standard InChI is InChI=1S/C18H22ClNO4/c1-18(2,3)24-17(23)20-8-7-15(21)13(11-20)10-16(22)12-5-4-6-14(19)9-12/h4-6,9,13H,7-8,10-11H2,1-3H3. The Balaban J connectivity index is 2.02. The molecule has 1 aromatic rings. The molecule has 0 radical (unpaired) electrons. The van der Waals surface area contributed by atoms with Gasteiger partial charge in [0.2, 0.25) is 0 Å². The smallest absolute Gasteiger partial charge is 0.410 e. The Morgan fingerprint density at radius 2 is 2.04 bits per heavy atom. The van der Waals surface area contributed by atoms with E-state index in [4.69, 9.17) is 16.3 Å². The van der Waals surface area contributed by atoms with Gasteiger partial charge in [-0.25, -0.2) is 4.79 Å². The lowest BCUT2D eigenvalue weighted by atomic mass is 9.90. The lowest BCUT2D eigenvalue weighted by Crippen LogP contribution is -2.46. The summed E-state index contributed by atoms with van der Waals surface area (Å²) in [7, 11) is 0. The van der Waals surface area contributed by atoms with E-state index in [-0.39, 0.29) is 31.0 Å². The number of carbonyl (C=O) groups excluding carboxylic acids is 3. The number of ketones is 2. The van der Waals surface area contributed by atoms with Crippen molar-refractivity contribution in [1.29, 1.82) is 0 Å². The van der Waals surface area contributed by atoms with E-state index in [2.05, 4.69) is 0 Å². The summed E-state index contributed by atoms with van der Waals surface area (Å²) in [5.41, 5.74) is -0.116. The zero-order valence-corrected chi connectivity index (χ0v) is 14.9. The third-order valence-electron chi connectivity index (χ3n) is 3.75. The zero-order valence-electron chi connectivity index (χ0n) is 14.2. The summed E-state index contributed by atoms with van der Waals surface area (Å²) < 4.78 is 5.34. The van der Waals surface area contributed by atoms with Gasteiger partial charge in [-0.3, -0.25) is 9.59 Å². The lowest BCUT2D eigenvalue weighted by molar-refractivity contribution is -0.125. The molecule has 5 nitrogen and oxygen atoms in total. The van der Waals surface area contributed by atoms with Crippen molar-refractivity contribution in [1.82, 2.24) is 4.90 Å². The van der Waals surface area contributed by atoms with Gasteiger partial charge in [0.15, 0.2) is 5.78 Å². The number of piperidine rings is 1. The van der Waals surface area contributed by atoms with Gasteiger partial charge in [-0.2, -0.15) is 0 Å². The molecule has 130 valence electrons. The fourth-order valence-corrected chi connectivity index (χ4v) is 2.77. The summed E-state index contributed by atoms with van der Waals surface area (Å²) in [6, 6.07) is 6.65. The highest BCUT2D eigenvalue weighted by Gasteiger charge is 2.33. The highest BCUT2D eigenvalue weighted by Crippen LogP contribution is 2.22. The molecule has 0 spiro atoms. The van der Waals surface area contributed by atoms with E-state index in [1.807, 2.05) is 0 Å². The number of Topliss-reactive ketones (excluding diaryl/α,β-unsaturated/α-hetero) is 2. The van der Waals surface area contributed by atoms with Crippen molar-refractivity contribution in [3.05, 3.63) is 34.9 Å². The Kier molecular flexibility index (Phi) is 5.65. The minimum absolute atomic E-state index is 0.00480. The molecular weight excluding hydrogens is 330 g/mol. The van der Waals surface area contributed by atoms with Crippen LogP contribution in [0, 0.1) is 5.92 Å². The third-order valence-corrected chi connectivity index (χ3v) is 3.99. The minimum atomic E-state index is -0.593. The van der Waals surface area contributed by atoms with Crippen molar-refractivity contribution >= 4 is 29.3 Å². The number of amides is 1. The summed E-state index contributed by atoms with van der Waals surface area (Å²) in [6.07, 6.45) is -0.138. The predicted octanol–water partition coefficient (Wildman–Crippen LogP) is 3.74.